The van der Waals surface area contributed by atoms with E-state index in [1.165, 1.54) is 0 Å². The standard InChI is InChI=1S/C18H18N4O.C2H6/c1-4-14-15(5-2)21-18(20-14)17-12(10-19-22-17)9-16(23)13-8-6-7-11(13)3;1-2/h4-5,7-8,10H,1-2,6,9H2,3H3,(H,19,22)(H,20,21);1-2H3. The molecule has 0 radical (unpaired) electrons. The van der Waals surface area contributed by atoms with E-state index in [-0.39, 0.29) is 12.2 Å². The van der Waals surface area contributed by atoms with Crippen LogP contribution in [-0.2, 0) is 11.2 Å². The molecular weight excluding hydrogens is 312 g/mol. The molecule has 0 spiro atoms. The first-order valence-electron chi connectivity index (χ1n) is 8.42. The van der Waals surface area contributed by atoms with Gasteiger partial charge in [-0.1, -0.05) is 39.2 Å². The predicted molar refractivity (Wildman–Crippen MR) is 103 cm³/mol. The normalized spacial score (nSPS) is 12.8. The van der Waals surface area contributed by atoms with Gasteiger partial charge < -0.3 is 4.98 Å². The molecule has 2 N–H and O–H groups in total. The highest BCUT2D eigenvalue weighted by molar-refractivity contribution is 6.01. The highest BCUT2D eigenvalue weighted by Gasteiger charge is 2.19. The maximum Gasteiger partial charge on any atom is 0.167 e. The number of hydrogen-bond donors (Lipinski definition) is 2. The molecule has 0 bridgehead atoms. The molecule has 3 rings (SSSR count). The van der Waals surface area contributed by atoms with Gasteiger partial charge in [0.25, 0.3) is 0 Å². The second kappa shape index (κ2) is 8.24. The Morgan fingerprint density at radius 1 is 1.28 bits per heavy atom. The number of carbonyl (C=O) groups is 1. The maximum absolute atomic E-state index is 12.5. The van der Waals surface area contributed by atoms with Gasteiger partial charge in [0.1, 0.15) is 5.69 Å². The monoisotopic (exact) mass is 336 g/mol. The topological polar surface area (TPSA) is 74.4 Å². The van der Waals surface area contributed by atoms with Gasteiger partial charge in [-0.05, 0) is 31.1 Å². The van der Waals surface area contributed by atoms with Gasteiger partial charge in [-0.3, -0.25) is 9.89 Å². The van der Waals surface area contributed by atoms with Crippen LogP contribution in [-0.4, -0.2) is 25.9 Å². The lowest BCUT2D eigenvalue weighted by atomic mass is 10.0. The lowest BCUT2D eigenvalue weighted by Gasteiger charge is -2.03. The van der Waals surface area contributed by atoms with E-state index in [9.17, 15) is 4.79 Å². The highest BCUT2D eigenvalue weighted by Crippen LogP contribution is 2.25. The molecule has 0 amide bonds. The van der Waals surface area contributed by atoms with E-state index in [1.807, 2.05) is 26.8 Å². The SMILES string of the molecule is C=Cc1nc(-c2[nH]ncc2CC(=O)C2=CCC=C2C)[nH]c1C=C.CC. The fourth-order valence-electron chi connectivity index (χ4n) is 2.71. The summed E-state index contributed by atoms with van der Waals surface area (Å²) in [7, 11) is 0. The zero-order valence-corrected chi connectivity index (χ0v) is 15.0. The van der Waals surface area contributed by atoms with Gasteiger partial charge in [-0.2, -0.15) is 5.10 Å². The quantitative estimate of drug-likeness (QED) is 0.815. The minimum Gasteiger partial charge on any atom is -0.337 e. The van der Waals surface area contributed by atoms with Crippen molar-refractivity contribution < 1.29 is 4.79 Å². The Hall–Kier alpha value is -2.95. The molecular formula is C20H24N4O. The Bertz CT molecular complexity index is 823. The van der Waals surface area contributed by atoms with E-state index in [0.717, 1.165) is 40.2 Å². The summed E-state index contributed by atoms with van der Waals surface area (Å²) in [4.78, 5) is 20.1. The number of aromatic amines is 2. The molecule has 0 atom stereocenters. The first-order chi connectivity index (χ1) is 12.1. The van der Waals surface area contributed by atoms with E-state index in [2.05, 4.69) is 39.4 Å². The molecule has 5 nitrogen and oxygen atoms in total. The van der Waals surface area contributed by atoms with Crippen molar-refractivity contribution in [2.75, 3.05) is 0 Å². The number of aromatic nitrogens is 4. The summed E-state index contributed by atoms with van der Waals surface area (Å²) in [5.41, 5.74) is 4.89. The van der Waals surface area contributed by atoms with E-state index >= 15 is 0 Å². The van der Waals surface area contributed by atoms with Crippen LogP contribution in [0.5, 0.6) is 0 Å². The van der Waals surface area contributed by atoms with Crippen molar-refractivity contribution >= 4 is 17.9 Å². The van der Waals surface area contributed by atoms with Crippen LogP contribution in [0, 0.1) is 0 Å². The molecule has 0 unspecified atom stereocenters. The van der Waals surface area contributed by atoms with Crippen molar-refractivity contribution in [3.63, 3.8) is 0 Å². The number of nitrogens with zero attached hydrogens (tertiary/aromatic N) is 2. The average molecular weight is 336 g/mol. The maximum atomic E-state index is 12.5. The summed E-state index contributed by atoms with van der Waals surface area (Å²) in [5, 5.41) is 6.98. The molecule has 2 aromatic heterocycles. The number of nitrogens with one attached hydrogen (secondary N) is 2. The van der Waals surface area contributed by atoms with Gasteiger partial charge in [0.15, 0.2) is 11.6 Å². The van der Waals surface area contributed by atoms with Gasteiger partial charge in [0, 0.05) is 17.6 Å². The molecule has 2 heterocycles. The van der Waals surface area contributed by atoms with Crippen LogP contribution in [0.2, 0.25) is 0 Å². The molecule has 0 aliphatic heterocycles. The first-order valence-corrected chi connectivity index (χ1v) is 8.42. The number of H-pyrrole nitrogens is 2. The Morgan fingerprint density at radius 2 is 2.04 bits per heavy atom. The fraction of sp³-hybridized carbons (Fsp3) is 0.250. The van der Waals surface area contributed by atoms with Crippen LogP contribution in [0.3, 0.4) is 0 Å². The van der Waals surface area contributed by atoms with Crippen LogP contribution in [0.15, 0.2) is 42.7 Å². The van der Waals surface area contributed by atoms with Crippen molar-refractivity contribution in [3.05, 3.63) is 59.6 Å². The third-order valence-corrected chi connectivity index (χ3v) is 3.94. The van der Waals surface area contributed by atoms with Gasteiger partial charge >= 0.3 is 0 Å². The summed E-state index contributed by atoms with van der Waals surface area (Å²) in [6, 6.07) is 0. The molecule has 0 fully saturated rings. The third kappa shape index (κ3) is 3.76. The Labute approximate surface area is 148 Å². The van der Waals surface area contributed by atoms with Crippen molar-refractivity contribution in [3.8, 4) is 11.5 Å². The number of ketones is 1. The largest absolute Gasteiger partial charge is 0.337 e. The number of imidazole rings is 1. The van der Waals surface area contributed by atoms with E-state index in [4.69, 9.17) is 0 Å². The van der Waals surface area contributed by atoms with Crippen molar-refractivity contribution in [1.82, 2.24) is 20.2 Å². The zero-order valence-electron chi connectivity index (χ0n) is 15.0. The third-order valence-electron chi connectivity index (χ3n) is 3.94. The van der Waals surface area contributed by atoms with Crippen LogP contribution < -0.4 is 0 Å². The smallest absolute Gasteiger partial charge is 0.167 e. The molecule has 1 aliphatic carbocycles. The molecule has 5 heteroatoms. The Morgan fingerprint density at radius 3 is 2.60 bits per heavy atom. The van der Waals surface area contributed by atoms with E-state index < -0.39 is 0 Å². The molecule has 2 aromatic rings. The van der Waals surface area contributed by atoms with Crippen molar-refractivity contribution in [2.45, 2.75) is 33.6 Å². The number of allylic oxidation sites excluding steroid dienone is 4. The van der Waals surface area contributed by atoms with Crippen LogP contribution in [0.4, 0.5) is 0 Å². The second-order valence-electron chi connectivity index (χ2n) is 5.40. The van der Waals surface area contributed by atoms with Gasteiger partial charge in [-0.15, -0.1) is 0 Å². The lowest BCUT2D eigenvalue weighted by molar-refractivity contribution is -0.114. The van der Waals surface area contributed by atoms with Crippen molar-refractivity contribution in [2.24, 2.45) is 0 Å². The molecule has 0 saturated heterocycles. The minimum atomic E-state index is 0.0957. The summed E-state index contributed by atoms with van der Waals surface area (Å²) in [6.45, 7) is 13.5. The number of Topliss-reactive ketones (excluding diaryl/α,β-unsaturated/α-hetero) is 1. The number of hydrogen-bond acceptors (Lipinski definition) is 3. The number of carbonyl (C=O) groups excluding carboxylic acids is 1. The zero-order chi connectivity index (χ0) is 18.4. The Kier molecular flexibility index (Phi) is 6.06. The fourth-order valence-corrected chi connectivity index (χ4v) is 2.71. The van der Waals surface area contributed by atoms with E-state index in [1.54, 1.807) is 18.3 Å². The molecule has 25 heavy (non-hydrogen) atoms. The van der Waals surface area contributed by atoms with Gasteiger partial charge in [-0.25, -0.2) is 4.98 Å². The number of rotatable bonds is 6. The van der Waals surface area contributed by atoms with Crippen molar-refractivity contribution in [1.29, 1.82) is 0 Å². The summed E-state index contributed by atoms with van der Waals surface area (Å²) < 4.78 is 0. The molecule has 1 aliphatic rings. The average Bonchev–Trinajstić information content (AvgIpc) is 3.35. The Balaban J connectivity index is 0.00000109. The molecule has 0 saturated carbocycles. The molecule has 0 aromatic carbocycles. The van der Waals surface area contributed by atoms with Crippen LogP contribution in [0.25, 0.3) is 23.7 Å². The van der Waals surface area contributed by atoms with Crippen LogP contribution >= 0.6 is 0 Å². The predicted octanol–water partition coefficient (Wildman–Crippen LogP) is 4.50. The summed E-state index contributed by atoms with van der Waals surface area (Å²) in [5.74, 6) is 0.723. The summed E-state index contributed by atoms with van der Waals surface area (Å²) >= 11 is 0. The van der Waals surface area contributed by atoms with E-state index in [0.29, 0.717) is 5.82 Å². The minimum absolute atomic E-state index is 0.0957. The van der Waals surface area contributed by atoms with Gasteiger partial charge in [0.05, 0.1) is 17.6 Å². The second-order valence-corrected chi connectivity index (χ2v) is 5.40. The lowest BCUT2D eigenvalue weighted by Crippen LogP contribution is -2.06. The van der Waals surface area contributed by atoms with Gasteiger partial charge in [0.2, 0.25) is 0 Å². The van der Waals surface area contributed by atoms with Crippen LogP contribution in [0.1, 0.15) is 44.1 Å². The first kappa shape index (κ1) is 18.4. The summed E-state index contributed by atoms with van der Waals surface area (Å²) in [6.07, 6.45) is 10.2. The molecule has 130 valence electrons. The highest BCUT2D eigenvalue weighted by atomic mass is 16.1.